The minimum absolute atomic E-state index is 0.106. The van der Waals surface area contributed by atoms with Crippen LogP contribution in [0.4, 0.5) is 4.39 Å². The maximum absolute atomic E-state index is 13.3. The highest BCUT2D eigenvalue weighted by Gasteiger charge is 2.36. The summed E-state index contributed by atoms with van der Waals surface area (Å²) in [6.45, 7) is 2.83. The molecule has 0 spiro atoms. The van der Waals surface area contributed by atoms with Gasteiger partial charge in [0.05, 0.1) is 5.56 Å². The fourth-order valence-corrected chi connectivity index (χ4v) is 3.22. The number of likely N-dealkylation sites (tertiary alicyclic amines) is 1. The number of primary amides is 1. The van der Waals surface area contributed by atoms with Crippen molar-refractivity contribution in [1.82, 2.24) is 9.88 Å². The van der Waals surface area contributed by atoms with Crippen LogP contribution in [0.15, 0.2) is 42.7 Å². The van der Waals surface area contributed by atoms with Gasteiger partial charge in [-0.15, -0.1) is 0 Å². The number of halogens is 1. The first kappa shape index (κ1) is 18.0. The second-order valence-corrected chi connectivity index (χ2v) is 7.11. The number of nitrogens with zero attached hydrogens (tertiary/aromatic N) is 2. The standard InChI is InChI=1S/C20H22FN3O2/c1-20(19(22)26)5-7-24(8-6-20)18(25)16-10-15(12-23-13-16)9-14-3-2-4-17(21)11-14/h2-4,10-13H,5-9H2,1H3,(H2,22,26). The number of rotatable bonds is 4. The van der Waals surface area contributed by atoms with Gasteiger partial charge in [0.15, 0.2) is 0 Å². The van der Waals surface area contributed by atoms with E-state index in [1.165, 1.54) is 12.1 Å². The second kappa shape index (κ2) is 7.23. The summed E-state index contributed by atoms with van der Waals surface area (Å²) in [7, 11) is 0. The first-order valence-electron chi connectivity index (χ1n) is 8.65. The van der Waals surface area contributed by atoms with E-state index in [-0.39, 0.29) is 17.6 Å². The Morgan fingerprint density at radius 1 is 1.19 bits per heavy atom. The lowest BCUT2D eigenvalue weighted by Gasteiger charge is -2.37. The number of nitrogens with two attached hydrogens (primary N) is 1. The van der Waals surface area contributed by atoms with Gasteiger partial charge in [0.2, 0.25) is 5.91 Å². The average Bonchev–Trinajstić information content (AvgIpc) is 2.62. The molecule has 0 radical (unpaired) electrons. The molecule has 0 unspecified atom stereocenters. The molecular weight excluding hydrogens is 333 g/mol. The summed E-state index contributed by atoms with van der Waals surface area (Å²) in [6, 6.07) is 8.17. The molecule has 0 atom stereocenters. The normalized spacial score (nSPS) is 16.3. The second-order valence-electron chi connectivity index (χ2n) is 7.11. The molecule has 1 aliphatic heterocycles. The van der Waals surface area contributed by atoms with Crippen LogP contribution in [0.3, 0.4) is 0 Å². The van der Waals surface area contributed by atoms with Crippen LogP contribution in [-0.4, -0.2) is 34.8 Å². The maximum Gasteiger partial charge on any atom is 0.255 e. The Kier molecular flexibility index (Phi) is 5.02. The van der Waals surface area contributed by atoms with Crippen LogP contribution >= 0.6 is 0 Å². The lowest BCUT2D eigenvalue weighted by Crippen LogP contribution is -2.47. The largest absolute Gasteiger partial charge is 0.369 e. The minimum atomic E-state index is -0.547. The van der Waals surface area contributed by atoms with Crippen LogP contribution in [0.5, 0.6) is 0 Å². The number of carbonyl (C=O) groups is 2. The molecule has 3 rings (SSSR count). The average molecular weight is 355 g/mol. The van der Waals surface area contributed by atoms with Crippen molar-refractivity contribution in [3.05, 3.63) is 65.2 Å². The van der Waals surface area contributed by atoms with Crippen LogP contribution in [-0.2, 0) is 11.2 Å². The Balaban J connectivity index is 1.70. The molecule has 0 bridgehead atoms. The van der Waals surface area contributed by atoms with Crippen molar-refractivity contribution in [2.45, 2.75) is 26.2 Å². The number of hydrogen-bond acceptors (Lipinski definition) is 3. The number of pyridine rings is 1. The van der Waals surface area contributed by atoms with E-state index in [0.29, 0.717) is 37.9 Å². The van der Waals surface area contributed by atoms with Crippen molar-refractivity contribution < 1.29 is 14.0 Å². The number of amides is 2. The summed E-state index contributed by atoms with van der Waals surface area (Å²) in [4.78, 5) is 30.2. The first-order valence-corrected chi connectivity index (χ1v) is 8.65. The van der Waals surface area contributed by atoms with Crippen molar-refractivity contribution >= 4 is 11.8 Å². The smallest absolute Gasteiger partial charge is 0.255 e. The zero-order chi connectivity index (χ0) is 18.7. The SMILES string of the molecule is CC1(C(N)=O)CCN(C(=O)c2cncc(Cc3cccc(F)c3)c2)CC1. The van der Waals surface area contributed by atoms with Gasteiger partial charge in [-0.2, -0.15) is 0 Å². The van der Waals surface area contributed by atoms with Crippen molar-refractivity contribution in [1.29, 1.82) is 0 Å². The molecule has 1 saturated heterocycles. The van der Waals surface area contributed by atoms with Crippen LogP contribution < -0.4 is 5.73 Å². The molecule has 2 amide bonds. The van der Waals surface area contributed by atoms with Gasteiger partial charge in [-0.05, 0) is 48.6 Å². The van der Waals surface area contributed by atoms with E-state index < -0.39 is 5.41 Å². The van der Waals surface area contributed by atoms with Crippen molar-refractivity contribution in [3.8, 4) is 0 Å². The number of aromatic nitrogens is 1. The summed E-state index contributed by atoms with van der Waals surface area (Å²) in [5, 5.41) is 0. The summed E-state index contributed by atoms with van der Waals surface area (Å²) < 4.78 is 13.3. The molecule has 0 aliphatic carbocycles. The molecule has 136 valence electrons. The Bertz CT molecular complexity index is 829. The molecule has 1 aromatic carbocycles. The summed E-state index contributed by atoms with van der Waals surface area (Å²) in [5.74, 6) is -0.707. The minimum Gasteiger partial charge on any atom is -0.369 e. The highest BCUT2D eigenvalue weighted by molar-refractivity contribution is 5.94. The molecule has 1 aromatic heterocycles. The molecule has 5 nitrogen and oxygen atoms in total. The highest BCUT2D eigenvalue weighted by Crippen LogP contribution is 2.31. The third-order valence-electron chi connectivity index (χ3n) is 5.09. The van der Waals surface area contributed by atoms with Gasteiger partial charge in [0.25, 0.3) is 5.91 Å². The zero-order valence-electron chi connectivity index (χ0n) is 14.7. The van der Waals surface area contributed by atoms with Gasteiger partial charge in [-0.1, -0.05) is 19.1 Å². The predicted molar refractivity (Wildman–Crippen MR) is 95.9 cm³/mol. The fourth-order valence-electron chi connectivity index (χ4n) is 3.22. The van der Waals surface area contributed by atoms with Gasteiger partial charge in [0.1, 0.15) is 5.82 Å². The van der Waals surface area contributed by atoms with Crippen LogP contribution in [0.25, 0.3) is 0 Å². The highest BCUT2D eigenvalue weighted by atomic mass is 19.1. The Morgan fingerprint density at radius 3 is 2.58 bits per heavy atom. The topological polar surface area (TPSA) is 76.3 Å². The fraction of sp³-hybridized carbons (Fsp3) is 0.350. The van der Waals surface area contributed by atoms with Gasteiger partial charge in [-0.25, -0.2) is 4.39 Å². The summed E-state index contributed by atoms with van der Waals surface area (Å²) in [5.41, 5.74) is 7.09. The molecule has 2 aromatic rings. The van der Waals surface area contributed by atoms with E-state index in [9.17, 15) is 14.0 Å². The Hall–Kier alpha value is -2.76. The van der Waals surface area contributed by atoms with Crippen LogP contribution in [0, 0.1) is 11.2 Å². The molecule has 26 heavy (non-hydrogen) atoms. The number of carbonyl (C=O) groups excluding carboxylic acids is 2. The van der Waals surface area contributed by atoms with Crippen LogP contribution in [0.1, 0.15) is 41.3 Å². The summed E-state index contributed by atoms with van der Waals surface area (Å²) >= 11 is 0. The van der Waals surface area contributed by atoms with Crippen molar-refractivity contribution in [2.75, 3.05) is 13.1 Å². The van der Waals surface area contributed by atoms with E-state index in [1.54, 1.807) is 29.4 Å². The van der Waals surface area contributed by atoms with E-state index in [0.717, 1.165) is 11.1 Å². The van der Waals surface area contributed by atoms with Crippen molar-refractivity contribution in [3.63, 3.8) is 0 Å². The number of hydrogen-bond donors (Lipinski definition) is 1. The van der Waals surface area contributed by atoms with Gasteiger partial charge in [-0.3, -0.25) is 14.6 Å². The third kappa shape index (κ3) is 3.90. The van der Waals surface area contributed by atoms with E-state index >= 15 is 0 Å². The first-order chi connectivity index (χ1) is 12.4. The van der Waals surface area contributed by atoms with E-state index in [4.69, 9.17) is 5.73 Å². The van der Waals surface area contributed by atoms with E-state index in [2.05, 4.69) is 4.98 Å². The zero-order valence-corrected chi connectivity index (χ0v) is 14.7. The number of piperidine rings is 1. The van der Waals surface area contributed by atoms with Gasteiger partial charge < -0.3 is 10.6 Å². The maximum atomic E-state index is 13.3. The molecule has 1 aliphatic rings. The third-order valence-corrected chi connectivity index (χ3v) is 5.09. The lowest BCUT2D eigenvalue weighted by atomic mass is 9.79. The molecule has 2 heterocycles. The Morgan fingerprint density at radius 2 is 1.92 bits per heavy atom. The van der Waals surface area contributed by atoms with Crippen LogP contribution in [0.2, 0.25) is 0 Å². The monoisotopic (exact) mass is 355 g/mol. The van der Waals surface area contributed by atoms with E-state index in [1.807, 2.05) is 13.0 Å². The molecule has 6 heteroatoms. The van der Waals surface area contributed by atoms with Gasteiger partial charge >= 0.3 is 0 Å². The van der Waals surface area contributed by atoms with Crippen molar-refractivity contribution in [2.24, 2.45) is 11.1 Å². The molecule has 0 saturated carbocycles. The summed E-state index contributed by atoms with van der Waals surface area (Å²) in [6.07, 6.45) is 4.85. The predicted octanol–water partition coefficient (Wildman–Crippen LogP) is 2.54. The number of benzene rings is 1. The molecule has 1 fully saturated rings. The quantitative estimate of drug-likeness (QED) is 0.916. The molecular formula is C20H22FN3O2. The molecule has 2 N–H and O–H groups in total. The Labute approximate surface area is 152 Å². The lowest BCUT2D eigenvalue weighted by molar-refractivity contribution is -0.129. The van der Waals surface area contributed by atoms with Gasteiger partial charge in [0, 0.05) is 30.9 Å².